The number of carbonyl (C=O) groups is 5. The molecule has 10 saturated heterocycles. The van der Waals surface area contributed by atoms with Crippen molar-refractivity contribution in [1.29, 1.82) is 0 Å². The number of rotatable bonds is 33. The van der Waals surface area contributed by atoms with Crippen LogP contribution < -0.4 is 26.6 Å². The topological polar surface area (TPSA) is 867 Å². The smallest absolute Gasteiger partial charge is 0.217 e. The molecular formula is C70H117N5O51. The number of nitrogens with one attached hydrogen (secondary N) is 5. The molecule has 56 nitrogen and oxygen atoms in total. The molecule has 32 N–H and O–H groups in total. The largest absolute Gasteiger partial charge is 0.394 e. The summed E-state index contributed by atoms with van der Waals surface area (Å²) in [6.07, 6.45) is -91.8. The van der Waals surface area contributed by atoms with Crippen LogP contribution in [-0.2, 0) is 114 Å². The van der Waals surface area contributed by atoms with E-state index < -0.39 is 402 Å². The fourth-order valence-corrected chi connectivity index (χ4v) is 16.5. The van der Waals surface area contributed by atoms with Crippen LogP contribution in [0.2, 0.25) is 0 Å². The predicted octanol–water partition coefficient (Wildman–Crippen LogP) is -22.1. The van der Waals surface area contributed by atoms with Gasteiger partial charge in [-0.15, -0.1) is 0 Å². The minimum absolute atomic E-state index is 0.755. The minimum atomic E-state index is -2.40. The van der Waals surface area contributed by atoms with E-state index in [9.17, 15) is 162 Å². The zero-order valence-electron chi connectivity index (χ0n) is 67.8. The first kappa shape index (κ1) is 104. The van der Waals surface area contributed by atoms with Crippen molar-refractivity contribution in [2.24, 2.45) is 0 Å². The molecule has 0 bridgehead atoms. The van der Waals surface area contributed by atoms with Crippen LogP contribution in [0.25, 0.3) is 0 Å². The Kier molecular flexibility index (Phi) is 37.4. The Bertz CT molecular complexity index is 3440. The summed E-state index contributed by atoms with van der Waals surface area (Å²) in [7, 11) is 0. The number of aliphatic hydroxyl groups excluding tert-OH is 27. The normalized spacial score (nSPS) is 48.4. The van der Waals surface area contributed by atoms with Gasteiger partial charge in [0.2, 0.25) is 29.5 Å². The maximum atomic E-state index is 13.1. The lowest BCUT2D eigenvalue weighted by Crippen LogP contribution is -2.71. The highest BCUT2D eigenvalue weighted by Crippen LogP contribution is 2.41. The summed E-state index contributed by atoms with van der Waals surface area (Å²) in [6.45, 7) is -6.14. The van der Waals surface area contributed by atoms with E-state index in [-0.39, 0.29) is 0 Å². The molecule has 126 heavy (non-hydrogen) atoms. The fraction of sp³-hybridized carbons (Fsp3) is 0.929. The number of aliphatic hydroxyl groups is 27. The molecule has 0 spiro atoms. The molecule has 0 aliphatic carbocycles. The molecule has 5 amide bonds. The van der Waals surface area contributed by atoms with Crippen LogP contribution in [0.1, 0.15) is 34.6 Å². The van der Waals surface area contributed by atoms with E-state index in [1.807, 2.05) is 0 Å². The van der Waals surface area contributed by atoms with Crippen LogP contribution in [0, 0.1) is 0 Å². The Hall–Kier alpha value is -4.49. The van der Waals surface area contributed by atoms with E-state index in [0.29, 0.717) is 0 Å². The quantitative estimate of drug-likeness (QED) is 0.0290. The maximum Gasteiger partial charge on any atom is 0.217 e. The Morgan fingerprint density at radius 3 is 0.563 bits per heavy atom. The summed E-state index contributed by atoms with van der Waals surface area (Å²) in [4.78, 5) is 63.6. The lowest BCUT2D eigenvalue weighted by molar-refractivity contribution is -0.390. The van der Waals surface area contributed by atoms with Gasteiger partial charge in [-0.1, -0.05) is 0 Å². The second-order valence-corrected chi connectivity index (χ2v) is 31.7. The van der Waals surface area contributed by atoms with Crippen LogP contribution in [0.15, 0.2) is 0 Å². The van der Waals surface area contributed by atoms with Crippen LogP contribution >= 0.6 is 0 Å². The molecule has 10 aliphatic heterocycles. The van der Waals surface area contributed by atoms with E-state index in [2.05, 4.69) is 26.6 Å². The van der Waals surface area contributed by atoms with Crippen molar-refractivity contribution in [3.63, 3.8) is 0 Å². The second-order valence-electron chi connectivity index (χ2n) is 31.7. The molecule has 1 unspecified atom stereocenters. The highest BCUT2D eigenvalue weighted by atomic mass is 16.8. The molecule has 10 fully saturated rings. The van der Waals surface area contributed by atoms with E-state index >= 15 is 0 Å². The van der Waals surface area contributed by atoms with Gasteiger partial charge in [-0.25, -0.2) is 0 Å². The molecule has 0 aromatic carbocycles. The van der Waals surface area contributed by atoms with Crippen LogP contribution in [0.3, 0.4) is 0 Å². The van der Waals surface area contributed by atoms with Gasteiger partial charge in [0.05, 0.1) is 66.1 Å². The molecule has 50 atom stereocenters. The van der Waals surface area contributed by atoms with Crippen molar-refractivity contribution in [3.8, 4) is 0 Å². The molecular weight excluding hydrogens is 1730 g/mol. The lowest BCUT2D eigenvalue weighted by atomic mass is 9.93. The molecule has 728 valence electrons. The van der Waals surface area contributed by atoms with Crippen molar-refractivity contribution in [2.75, 3.05) is 66.1 Å². The summed E-state index contributed by atoms with van der Waals surface area (Å²) in [5.74, 6) is -4.53. The van der Waals surface area contributed by atoms with Gasteiger partial charge in [0.15, 0.2) is 62.9 Å². The van der Waals surface area contributed by atoms with E-state index in [0.717, 1.165) is 34.6 Å². The first-order valence-electron chi connectivity index (χ1n) is 40.1. The monoisotopic (exact) mass is 1840 g/mol. The summed E-state index contributed by atoms with van der Waals surface area (Å²) in [6, 6.07) is -9.29. The molecule has 10 heterocycles. The van der Waals surface area contributed by atoms with Gasteiger partial charge in [-0.3, -0.25) is 24.0 Å². The number of hydrogen-bond acceptors (Lipinski definition) is 51. The van der Waals surface area contributed by atoms with Crippen molar-refractivity contribution < 1.29 is 252 Å². The average molecular weight is 1840 g/mol. The van der Waals surface area contributed by atoms with Gasteiger partial charge in [0.1, 0.15) is 244 Å². The first-order valence-corrected chi connectivity index (χ1v) is 40.1. The third-order valence-corrected chi connectivity index (χ3v) is 22.9. The first-order chi connectivity index (χ1) is 59.7. The fourth-order valence-electron chi connectivity index (χ4n) is 16.5. The highest BCUT2D eigenvalue weighted by Gasteiger charge is 2.62. The highest BCUT2D eigenvalue weighted by molar-refractivity contribution is 5.75. The van der Waals surface area contributed by atoms with E-state index in [1.165, 1.54) is 0 Å². The third kappa shape index (κ3) is 22.8. The van der Waals surface area contributed by atoms with Gasteiger partial charge in [-0.05, 0) is 0 Å². The lowest BCUT2D eigenvalue weighted by Gasteiger charge is -2.51. The van der Waals surface area contributed by atoms with Gasteiger partial charge >= 0.3 is 0 Å². The molecule has 10 rings (SSSR count). The number of ether oxygens (including phenoxy) is 19. The Morgan fingerprint density at radius 2 is 0.357 bits per heavy atom. The Balaban J connectivity index is 0.822. The summed E-state index contributed by atoms with van der Waals surface area (Å²) in [5, 5.41) is 313. The molecule has 0 saturated carbocycles. The number of hydrogen-bond donors (Lipinski definition) is 32. The molecule has 0 aromatic heterocycles. The van der Waals surface area contributed by atoms with E-state index in [4.69, 9.17) is 90.0 Å². The molecule has 0 aromatic rings. The molecule has 56 heteroatoms. The van der Waals surface area contributed by atoms with Gasteiger partial charge in [0, 0.05) is 34.6 Å². The second kappa shape index (κ2) is 45.5. The van der Waals surface area contributed by atoms with Crippen molar-refractivity contribution in [1.82, 2.24) is 26.6 Å². The standard InChI is InChI=1S/C70H117N5O51/c1-16(86)71-31-41(96)52(26(11-81)108-61(31)107)119-67-48(103)57(37(92)22(7-77)110-67)123-63-33(73-18(3)88)43(98)54(28(13-83)115-63)121-69-50(105)59(39(94)24(9-79)112-69)125-65-35(75-20(5)90)45(100)56(30(15-85)117-65)122-70-51(106)60(40(95)25(10-80)113-70)126-64-34(74-19(4)89)44(99)55(29(14-84)116-64)120-68-49(104)58(38(93)23(8-78)111-68)124-62-32(72-17(2)87)42(97)53(27(12-82)114-62)118-66-47(102)46(101)36(91)21(6-76)109-66/h21-70,76-85,91-107H,6-15H2,1-5H3,(H,71,86)(H,72,87)(H,73,88)(H,74,89)(H,75,90)/t21-,22-,23-,24-,25-,26-,27-,28-,29-,30-,31-,32-,33-,34-,35-,36+,37+,38+,39+,40+,41-,42-,43-,44-,45-,46+,47-,48-,49-,50-,51-,52-,53-,54-,55-,56-,57+,58+,59+,60+,61?,62+,63+,64+,65+,66+,67+,68+,69+,70+/m1/s1. The van der Waals surface area contributed by atoms with Crippen LogP contribution in [-0.4, -0.2) is 540 Å². The van der Waals surface area contributed by atoms with Gasteiger partial charge < -0.3 is 254 Å². The SMILES string of the molecule is CC(=O)N[C@H]1[C@H](O[C@H]2[C@@H](O)[C@@H](CO)O[C@@H](O[C@H]3[C@H](O)[C@@H](NC(C)=O)[C@H](O[C@H]4[C@@H](O)[C@@H](CO)O[C@@H](O[C@H]5[C@H](O)[C@@H](NC(C)=O)[C@H](O[C@H]6[C@@H](O)[C@@H](CO)O[C@@H](O[C@H]7[C@H](O)[C@@H](NC(C)=O)[C@H](O[C@H]8[C@@H](O)[C@@H](CO)O[C@@H](O[C@H]9[C@H](O)[C@@H](NC(C)=O)C(O)O[C@@H]9CO)[C@@H]8O)O[C@@H]7CO)[C@@H]6O)O[C@@H]5CO)[C@@H]4O)O[C@@H]3CO)[C@@H]2O)O[C@H](CO)[C@@H](O[C@@H]2O[C@H](CO)[C@H](O)[C@H](O)[C@H]2O)[C@@H]1O. The summed E-state index contributed by atoms with van der Waals surface area (Å²) in [5.41, 5.74) is 0. The zero-order chi connectivity index (χ0) is 92.8. The van der Waals surface area contributed by atoms with Crippen molar-refractivity contribution >= 4 is 29.5 Å². The van der Waals surface area contributed by atoms with Crippen molar-refractivity contribution in [3.05, 3.63) is 0 Å². The predicted molar refractivity (Wildman–Crippen MR) is 388 cm³/mol. The Morgan fingerprint density at radius 1 is 0.190 bits per heavy atom. The summed E-state index contributed by atoms with van der Waals surface area (Å²) >= 11 is 0. The Labute approximate surface area is 713 Å². The third-order valence-electron chi connectivity index (χ3n) is 22.9. The van der Waals surface area contributed by atoms with Crippen LogP contribution in [0.5, 0.6) is 0 Å². The zero-order valence-corrected chi connectivity index (χ0v) is 67.8. The maximum absolute atomic E-state index is 13.1. The van der Waals surface area contributed by atoms with Gasteiger partial charge in [0.25, 0.3) is 0 Å². The minimum Gasteiger partial charge on any atom is -0.394 e. The van der Waals surface area contributed by atoms with E-state index in [1.54, 1.807) is 0 Å². The van der Waals surface area contributed by atoms with Crippen LogP contribution in [0.4, 0.5) is 0 Å². The van der Waals surface area contributed by atoms with Gasteiger partial charge in [-0.2, -0.15) is 0 Å². The molecule has 0 radical (unpaired) electrons. The number of amides is 5. The average Bonchev–Trinajstić information content (AvgIpc) is 0.762. The number of carbonyl (C=O) groups excluding carboxylic acids is 5. The van der Waals surface area contributed by atoms with Crippen molar-refractivity contribution in [2.45, 2.75) is 341 Å². The molecule has 10 aliphatic rings. The summed E-state index contributed by atoms with van der Waals surface area (Å²) < 4.78 is 111.